The highest BCUT2D eigenvalue weighted by Gasteiger charge is 2.44. The topological polar surface area (TPSA) is 27.7 Å². The van der Waals surface area contributed by atoms with E-state index in [9.17, 15) is 0 Å². The van der Waals surface area contributed by atoms with Crippen LogP contribution in [0.2, 0.25) is 0 Å². The maximum Gasteiger partial charge on any atom is 0.0620 e. The third kappa shape index (κ3) is 3.23. The van der Waals surface area contributed by atoms with E-state index in [1.165, 1.54) is 58.5 Å². The molecule has 4 heteroatoms. The first-order valence-corrected chi connectivity index (χ1v) is 7.48. The molecule has 0 spiro atoms. The number of ether oxygens (including phenoxy) is 1. The normalized spacial score (nSPS) is 32.8. The molecule has 3 fully saturated rings. The van der Waals surface area contributed by atoms with Crippen molar-refractivity contribution in [2.45, 2.75) is 25.3 Å². The Hall–Kier alpha value is -0.160. The quantitative estimate of drug-likeness (QED) is 0.767. The molecule has 3 rings (SSSR count). The number of hydrogen-bond donors (Lipinski definition) is 1. The molecule has 4 nitrogen and oxygen atoms in total. The molecule has 0 aromatic rings. The van der Waals surface area contributed by atoms with E-state index in [2.05, 4.69) is 22.2 Å². The summed E-state index contributed by atoms with van der Waals surface area (Å²) in [5, 5.41) is 3.72. The molecule has 18 heavy (non-hydrogen) atoms. The predicted molar refractivity (Wildman–Crippen MR) is 72.8 cm³/mol. The number of piperazine rings is 1. The number of rotatable bonds is 5. The Morgan fingerprint density at radius 2 is 2.00 bits per heavy atom. The first-order chi connectivity index (χ1) is 8.76. The van der Waals surface area contributed by atoms with Crippen LogP contribution in [0.5, 0.6) is 0 Å². The predicted octanol–water partition coefficient (Wildman–Crippen LogP) is 0.393. The Labute approximate surface area is 111 Å². The molecule has 1 N–H and O–H groups in total. The maximum atomic E-state index is 5.43. The third-order valence-electron chi connectivity index (χ3n) is 4.81. The van der Waals surface area contributed by atoms with Crippen LogP contribution < -0.4 is 5.32 Å². The summed E-state index contributed by atoms with van der Waals surface area (Å²) in [4.78, 5) is 5.10. The molecular weight excluding hydrogens is 226 g/mol. The second-order valence-corrected chi connectivity index (χ2v) is 6.52. The van der Waals surface area contributed by atoms with Crippen molar-refractivity contribution in [2.75, 3.05) is 59.5 Å². The molecular formula is C14H27N3O. The zero-order chi connectivity index (χ0) is 12.4. The van der Waals surface area contributed by atoms with Gasteiger partial charge >= 0.3 is 0 Å². The Morgan fingerprint density at radius 3 is 2.61 bits per heavy atom. The second kappa shape index (κ2) is 5.45. The Morgan fingerprint density at radius 1 is 1.22 bits per heavy atom. The van der Waals surface area contributed by atoms with Gasteiger partial charge in [-0.15, -0.1) is 0 Å². The first-order valence-electron chi connectivity index (χ1n) is 7.48. The molecule has 0 unspecified atom stereocenters. The van der Waals surface area contributed by atoms with Gasteiger partial charge in [0.25, 0.3) is 0 Å². The van der Waals surface area contributed by atoms with Crippen molar-refractivity contribution in [3.63, 3.8) is 0 Å². The molecule has 1 aliphatic carbocycles. The molecule has 104 valence electrons. The van der Waals surface area contributed by atoms with Gasteiger partial charge in [0, 0.05) is 51.9 Å². The summed E-state index contributed by atoms with van der Waals surface area (Å²) >= 11 is 0. The van der Waals surface area contributed by atoms with Crippen LogP contribution in [0, 0.1) is 5.41 Å². The monoisotopic (exact) mass is 253 g/mol. The molecule has 0 radical (unpaired) electrons. The standard InChI is InChI=1S/C14H27N3O/c1-16-5-7-17(8-6-16)12-14(3-4-14)11-15-13-2-9-18-10-13/h13,15H,2-12H2,1H3/t13-/m1/s1. The fourth-order valence-corrected chi connectivity index (χ4v) is 3.10. The van der Waals surface area contributed by atoms with E-state index < -0.39 is 0 Å². The average molecular weight is 253 g/mol. The summed E-state index contributed by atoms with van der Waals surface area (Å²) in [6.45, 7) is 9.36. The van der Waals surface area contributed by atoms with E-state index in [0.717, 1.165) is 13.2 Å². The lowest BCUT2D eigenvalue weighted by molar-refractivity contribution is 0.128. The van der Waals surface area contributed by atoms with Crippen LogP contribution in [0.4, 0.5) is 0 Å². The van der Waals surface area contributed by atoms with Crippen LogP contribution in [-0.2, 0) is 4.74 Å². The summed E-state index contributed by atoms with van der Waals surface area (Å²) in [5.41, 5.74) is 0.596. The summed E-state index contributed by atoms with van der Waals surface area (Å²) in [6, 6.07) is 0.620. The van der Waals surface area contributed by atoms with Gasteiger partial charge in [0.1, 0.15) is 0 Å². The molecule has 3 aliphatic rings. The van der Waals surface area contributed by atoms with Crippen LogP contribution >= 0.6 is 0 Å². The van der Waals surface area contributed by atoms with Crippen molar-refractivity contribution < 1.29 is 4.74 Å². The molecule has 2 aliphatic heterocycles. The van der Waals surface area contributed by atoms with Crippen molar-refractivity contribution in [1.29, 1.82) is 0 Å². The fraction of sp³-hybridized carbons (Fsp3) is 1.00. The number of hydrogen-bond acceptors (Lipinski definition) is 4. The lowest BCUT2D eigenvalue weighted by Gasteiger charge is -2.35. The van der Waals surface area contributed by atoms with Crippen molar-refractivity contribution in [2.24, 2.45) is 5.41 Å². The maximum absolute atomic E-state index is 5.43. The summed E-state index contributed by atoms with van der Waals surface area (Å²) in [7, 11) is 2.23. The van der Waals surface area contributed by atoms with Crippen molar-refractivity contribution in [1.82, 2.24) is 15.1 Å². The lowest BCUT2D eigenvalue weighted by Crippen LogP contribution is -2.48. The van der Waals surface area contributed by atoms with Crippen molar-refractivity contribution in [3.05, 3.63) is 0 Å². The van der Waals surface area contributed by atoms with Gasteiger partial charge in [-0.05, 0) is 31.7 Å². The van der Waals surface area contributed by atoms with Gasteiger partial charge in [-0.1, -0.05) is 0 Å². The van der Waals surface area contributed by atoms with Crippen LogP contribution in [0.1, 0.15) is 19.3 Å². The van der Waals surface area contributed by atoms with Gasteiger partial charge in [-0.25, -0.2) is 0 Å². The number of likely N-dealkylation sites (N-methyl/N-ethyl adjacent to an activating group) is 1. The third-order valence-corrected chi connectivity index (χ3v) is 4.81. The van der Waals surface area contributed by atoms with E-state index in [1.807, 2.05) is 0 Å². The number of nitrogens with zero attached hydrogens (tertiary/aromatic N) is 2. The van der Waals surface area contributed by atoms with E-state index >= 15 is 0 Å². The molecule has 1 saturated carbocycles. The fourth-order valence-electron chi connectivity index (χ4n) is 3.10. The molecule has 0 aromatic carbocycles. The van der Waals surface area contributed by atoms with Gasteiger partial charge in [0.2, 0.25) is 0 Å². The highest BCUT2D eigenvalue weighted by molar-refractivity contribution is 4.98. The van der Waals surface area contributed by atoms with Crippen molar-refractivity contribution >= 4 is 0 Å². The largest absolute Gasteiger partial charge is 0.380 e. The Kier molecular flexibility index (Phi) is 3.89. The zero-order valence-electron chi connectivity index (χ0n) is 11.7. The molecule has 2 saturated heterocycles. The number of nitrogens with one attached hydrogen (secondary N) is 1. The van der Waals surface area contributed by atoms with Gasteiger partial charge in [0.05, 0.1) is 6.61 Å². The van der Waals surface area contributed by atoms with Gasteiger partial charge in [0.15, 0.2) is 0 Å². The Bertz CT molecular complexity index is 266. The molecule has 0 bridgehead atoms. The molecule has 1 atom stereocenters. The van der Waals surface area contributed by atoms with E-state index in [4.69, 9.17) is 4.74 Å². The van der Waals surface area contributed by atoms with E-state index in [1.54, 1.807) is 0 Å². The molecule has 2 heterocycles. The van der Waals surface area contributed by atoms with Gasteiger partial charge < -0.3 is 19.9 Å². The highest BCUT2D eigenvalue weighted by Crippen LogP contribution is 2.45. The van der Waals surface area contributed by atoms with Gasteiger partial charge in [-0.3, -0.25) is 0 Å². The van der Waals surface area contributed by atoms with Crippen LogP contribution in [0.25, 0.3) is 0 Å². The lowest BCUT2D eigenvalue weighted by atomic mass is 10.1. The summed E-state index contributed by atoms with van der Waals surface area (Å²) in [6.07, 6.45) is 4.03. The molecule has 0 aromatic heterocycles. The summed E-state index contributed by atoms with van der Waals surface area (Å²) < 4.78 is 5.43. The van der Waals surface area contributed by atoms with Gasteiger partial charge in [-0.2, -0.15) is 0 Å². The van der Waals surface area contributed by atoms with Crippen LogP contribution in [0.3, 0.4) is 0 Å². The minimum absolute atomic E-state index is 0.596. The molecule has 0 amide bonds. The smallest absolute Gasteiger partial charge is 0.0620 e. The van der Waals surface area contributed by atoms with E-state index in [-0.39, 0.29) is 0 Å². The minimum Gasteiger partial charge on any atom is -0.380 e. The average Bonchev–Trinajstić information content (AvgIpc) is 2.93. The van der Waals surface area contributed by atoms with Crippen LogP contribution in [-0.4, -0.2) is 75.4 Å². The Balaban J connectivity index is 1.40. The minimum atomic E-state index is 0.596. The highest BCUT2D eigenvalue weighted by atomic mass is 16.5. The second-order valence-electron chi connectivity index (χ2n) is 6.52. The van der Waals surface area contributed by atoms with Crippen LogP contribution in [0.15, 0.2) is 0 Å². The van der Waals surface area contributed by atoms with E-state index in [0.29, 0.717) is 11.5 Å². The first kappa shape index (κ1) is 12.9. The SMILES string of the molecule is CN1CCN(CC2(CN[C@@H]3CCOC3)CC2)CC1. The van der Waals surface area contributed by atoms with Crippen molar-refractivity contribution in [3.8, 4) is 0 Å². The zero-order valence-corrected chi connectivity index (χ0v) is 11.7. The summed E-state index contributed by atoms with van der Waals surface area (Å²) in [5.74, 6) is 0.